The lowest BCUT2D eigenvalue weighted by Gasteiger charge is -2.07. The number of rotatable bonds is 5. The zero-order chi connectivity index (χ0) is 9.40. The van der Waals surface area contributed by atoms with Crippen molar-refractivity contribution >= 4 is 12.4 Å². The maximum absolute atomic E-state index is 10.4. The van der Waals surface area contributed by atoms with Gasteiger partial charge in [-0.1, -0.05) is 0 Å². The first-order chi connectivity index (χ1) is 5.72. The van der Waals surface area contributed by atoms with Crippen LogP contribution >= 0.6 is 0 Å². The van der Waals surface area contributed by atoms with Crippen LogP contribution < -0.4 is 5.32 Å². The number of carbonyl (C=O) groups is 2. The van der Waals surface area contributed by atoms with Crippen LogP contribution in [-0.2, 0) is 9.59 Å². The number of carbonyl (C=O) groups excluding carboxylic acids is 1. The Labute approximate surface area is 71.0 Å². The molecule has 0 radical (unpaired) electrons. The molecule has 4 heteroatoms. The number of carboxylic acid groups (broad SMARTS) is 1. The van der Waals surface area contributed by atoms with E-state index in [1.165, 1.54) is 0 Å². The van der Waals surface area contributed by atoms with Crippen molar-refractivity contribution < 1.29 is 14.7 Å². The molecule has 0 spiro atoms. The van der Waals surface area contributed by atoms with E-state index in [1.807, 2.05) is 0 Å². The second-order valence-corrected chi connectivity index (χ2v) is 2.14. The maximum atomic E-state index is 10.4. The topological polar surface area (TPSA) is 66.4 Å². The van der Waals surface area contributed by atoms with Gasteiger partial charge >= 0.3 is 5.97 Å². The molecular formula is C8H11NO3. The molecule has 0 aliphatic carbocycles. The van der Waals surface area contributed by atoms with Gasteiger partial charge in [0.1, 0.15) is 6.04 Å². The molecule has 0 aliphatic rings. The fraction of sp³-hybridized carbons (Fsp3) is 0.500. The maximum Gasteiger partial charge on any atom is 0.326 e. The predicted molar refractivity (Wildman–Crippen MR) is 43.3 cm³/mol. The molecule has 4 nitrogen and oxygen atoms in total. The molecule has 0 aliphatic heterocycles. The van der Waals surface area contributed by atoms with Crippen molar-refractivity contribution in [3.63, 3.8) is 0 Å². The number of hydrogen-bond donors (Lipinski definition) is 2. The molecule has 0 saturated carbocycles. The summed E-state index contributed by atoms with van der Waals surface area (Å²) < 4.78 is 0. The monoisotopic (exact) mass is 169 g/mol. The average Bonchev–Trinajstić information content (AvgIpc) is 2.03. The van der Waals surface area contributed by atoms with Crippen molar-refractivity contribution in [2.24, 2.45) is 0 Å². The average molecular weight is 169 g/mol. The van der Waals surface area contributed by atoms with Gasteiger partial charge in [-0.15, -0.1) is 11.8 Å². The van der Waals surface area contributed by atoms with Gasteiger partial charge in [-0.05, 0) is 13.3 Å². The third-order valence-corrected chi connectivity index (χ3v) is 1.30. The highest BCUT2D eigenvalue weighted by atomic mass is 16.4. The molecule has 0 fully saturated rings. The minimum Gasteiger partial charge on any atom is -0.480 e. The van der Waals surface area contributed by atoms with Crippen molar-refractivity contribution in [1.82, 2.24) is 5.32 Å². The van der Waals surface area contributed by atoms with Gasteiger partial charge in [-0.2, -0.15) is 0 Å². The van der Waals surface area contributed by atoms with Crippen LogP contribution in [0, 0.1) is 11.8 Å². The van der Waals surface area contributed by atoms with Crippen LogP contribution in [0.4, 0.5) is 0 Å². The number of amides is 1. The van der Waals surface area contributed by atoms with Crippen LogP contribution in [0.15, 0.2) is 0 Å². The first kappa shape index (κ1) is 10.5. The molecule has 0 aromatic heterocycles. The number of carboxylic acids is 1. The first-order valence-electron chi connectivity index (χ1n) is 3.54. The second kappa shape index (κ2) is 6.23. The summed E-state index contributed by atoms with van der Waals surface area (Å²) >= 11 is 0. The van der Waals surface area contributed by atoms with Gasteiger partial charge in [0, 0.05) is 6.42 Å². The fourth-order valence-electron chi connectivity index (χ4n) is 0.702. The first-order valence-corrected chi connectivity index (χ1v) is 3.54. The predicted octanol–water partition coefficient (Wildman–Crippen LogP) is -0.0109. The van der Waals surface area contributed by atoms with Crippen LogP contribution in [0.3, 0.4) is 0 Å². The lowest BCUT2D eigenvalue weighted by Crippen LogP contribution is -2.35. The molecule has 12 heavy (non-hydrogen) atoms. The normalized spacial score (nSPS) is 10.8. The lowest BCUT2D eigenvalue weighted by atomic mass is 10.1. The van der Waals surface area contributed by atoms with Crippen molar-refractivity contribution in [2.75, 3.05) is 0 Å². The molecule has 0 aromatic carbocycles. The van der Waals surface area contributed by atoms with E-state index in [4.69, 9.17) is 5.11 Å². The Balaban J connectivity index is 3.83. The summed E-state index contributed by atoms with van der Waals surface area (Å²) in [7, 11) is 0. The summed E-state index contributed by atoms with van der Waals surface area (Å²) in [6, 6.07) is -0.816. The summed E-state index contributed by atoms with van der Waals surface area (Å²) in [5.41, 5.74) is 0. The van der Waals surface area contributed by atoms with Crippen molar-refractivity contribution in [3.8, 4) is 11.8 Å². The van der Waals surface area contributed by atoms with Crippen molar-refractivity contribution in [3.05, 3.63) is 0 Å². The Morgan fingerprint density at radius 1 is 1.75 bits per heavy atom. The van der Waals surface area contributed by atoms with Crippen LogP contribution in [0.5, 0.6) is 0 Å². The Hall–Kier alpha value is -1.50. The second-order valence-electron chi connectivity index (χ2n) is 2.14. The van der Waals surface area contributed by atoms with E-state index >= 15 is 0 Å². The smallest absolute Gasteiger partial charge is 0.326 e. The molecule has 0 heterocycles. The minimum atomic E-state index is -1.03. The fourth-order valence-corrected chi connectivity index (χ4v) is 0.702. The zero-order valence-corrected chi connectivity index (χ0v) is 6.83. The molecule has 0 aromatic rings. The third-order valence-electron chi connectivity index (χ3n) is 1.30. The van der Waals surface area contributed by atoms with Crippen molar-refractivity contribution in [2.45, 2.75) is 25.8 Å². The van der Waals surface area contributed by atoms with Gasteiger partial charge in [0.25, 0.3) is 0 Å². The molecule has 1 unspecified atom stereocenters. The van der Waals surface area contributed by atoms with E-state index in [-0.39, 0.29) is 0 Å². The van der Waals surface area contributed by atoms with Gasteiger partial charge < -0.3 is 10.4 Å². The standard InChI is InChI=1S/C8H11NO3/c1-2-3-4-5-7(8(11)12)9-6-10/h6-7H,4-5H2,1H3,(H,9,10)(H,11,12). The molecule has 0 saturated heterocycles. The molecule has 0 rings (SSSR count). The van der Waals surface area contributed by atoms with Gasteiger partial charge in [0.05, 0.1) is 0 Å². The number of hydrogen-bond acceptors (Lipinski definition) is 2. The Kier molecular flexibility index (Phi) is 5.45. The van der Waals surface area contributed by atoms with Crippen LogP contribution in [0.2, 0.25) is 0 Å². The SMILES string of the molecule is CC#CCCC(NC=O)C(=O)O. The summed E-state index contributed by atoms with van der Waals surface area (Å²) in [4.78, 5) is 20.4. The molecular weight excluding hydrogens is 158 g/mol. The summed E-state index contributed by atoms with van der Waals surface area (Å²) in [6.45, 7) is 1.68. The summed E-state index contributed by atoms with van der Waals surface area (Å²) in [5.74, 6) is 4.34. The molecule has 1 atom stereocenters. The molecule has 66 valence electrons. The lowest BCUT2D eigenvalue weighted by molar-refractivity contribution is -0.140. The number of aliphatic carboxylic acids is 1. The van der Waals surface area contributed by atoms with Crippen LogP contribution in [0.1, 0.15) is 19.8 Å². The zero-order valence-electron chi connectivity index (χ0n) is 6.83. The highest BCUT2D eigenvalue weighted by molar-refractivity contribution is 5.76. The third kappa shape index (κ3) is 4.34. The molecule has 0 bridgehead atoms. The quantitative estimate of drug-likeness (QED) is 0.449. The Bertz CT molecular complexity index is 214. The van der Waals surface area contributed by atoms with Gasteiger partial charge in [-0.25, -0.2) is 4.79 Å². The van der Waals surface area contributed by atoms with Gasteiger partial charge in [0.15, 0.2) is 0 Å². The summed E-state index contributed by atoms with van der Waals surface area (Å²) in [6.07, 6.45) is 1.21. The minimum absolute atomic E-state index is 0.342. The van der Waals surface area contributed by atoms with E-state index in [0.717, 1.165) is 0 Å². The highest BCUT2D eigenvalue weighted by Crippen LogP contribution is 1.95. The van der Waals surface area contributed by atoms with E-state index < -0.39 is 12.0 Å². The highest BCUT2D eigenvalue weighted by Gasteiger charge is 2.14. The van der Waals surface area contributed by atoms with E-state index in [9.17, 15) is 9.59 Å². The van der Waals surface area contributed by atoms with E-state index in [0.29, 0.717) is 19.3 Å². The van der Waals surface area contributed by atoms with Gasteiger partial charge in [0.2, 0.25) is 6.41 Å². The molecule has 2 N–H and O–H groups in total. The molecule has 1 amide bonds. The Morgan fingerprint density at radius 2 is 2.42 bits per heavy atom. The Morgan fingerprint density at radius 3 is 2.83 bits per heavy atom. The largest absolute Gasteiger partial charge is 0.480 e. The van der Waals surface area contributed by atoms with Crippen molar-refractivity contribution in [1.29, 1.82) is 0 Å². The van der Waals surface area contributed by atoms with Gasteiger partial charge in [-0.3, -0.25) is 4.79 Å². The van der Waals surface area contributed by atoms with Crippen LogP contribution in [-0.4, -0.2) is 23.5 Å². The van der Waals surface area contributed by atoms with E-state index in [2.05, 4.69) is 17.2 Å². The van der Waals surface area contributed by atoms with E-state index in [1.54, 1.807) is 6.92 Å². The summed E-state index contributed by atoms with van der Waals surface area (Å²) in [5, 5.41) is 10.7. The number of nitrogens with one attached hydrogen (secondary N) is 1. The van der Waals surface area contributed by atoms with Crippen LogP contribution in [0.25, 0.3) is 0 Å².